The molecule has 1 fully saturated rings. The highest BCUT2D eigenvalue weighted by atomic mass is 35.5. The minimum absolute atomic E-state index is 0.00190. The van der Waals surface area contributed by atoms with Gasteiger partial charge in [0.25, 0.3) is 0 Å². The lowest BCUT2D eigenvalue weighted by molar-refractivity contribution is 0.219. The molecule has 2 rings (SSSR count). The second-order valence-corrected chi connectivity index (χ2v) is 8.53. The van der Waals surface area contributed by atoms with Gasteiger partial charge < -0.3 is 5.73 Å². The molecule has 0 aromatic heterocycles. The topological polar surface area (TPSA) is 72.2 Å². The van der Waals surface area contributed by atoms with Crippen LogP contribution in [0, 0.1) is 5.41 Å². The first kappa shape index (κ1) is 16.9. The predicted molar refractivity (Wildman–Crippen MR) is 87.3 cm³/mol. The zero-order chi connectivity index (χ0) is 15.7. The van der Waals surface area contributed by atoms with Crippen molar-refractivity contribution in [2.45, 2.75) is 43.9 Å². The molecule has 1 aromatic rings. The van der Waals surface area contributed by atoms with Crippen LogP contribution < -0.4 is 10.5 Å². The van der Waals surface area contributed by atoms with Crippen molar-refractivity contribution in [3.8, 4) is 0 Å². The summed E-state index contributed by atoms with van der Waals surface area (Å²) in [7, 11) is -3.75. The van der Waals surface area contributed by atoms with E-state index in [-0.39, 0.29) is 20.4 Å². The molecule has 0 amide bonds. The Balaban J connectivity index is 2.19. The lowest BCUT2D eigenvalue weighted by Crippen LogP contribution is -2.37. The van der Waals surface area contributed by atoms with E-state index in [4.69, 9.17) is 28.9 Å². The van der Waals surface area contributed by atoms with E-state index in [0.717, 1.165) is 25.7 Å². The molecule has 118 valence electrons. The Labute approximate surface area is 136 Å². The van der Waals surface area contributed by atoms with Crippen LogP contribution in [0.1, 0.15) is 39.0 Å². The molecular formula is C14H20Cl2N2O2S. The summed E-state index contributed by atoms with van der Waals surface area (Å²) in [6.07, 6.45) is 5.55. The molecule has 7 heteroatoms. The number of benzene rings is 1. The fraction of sp³-hybridized carbons (Fsp3) is 0.571. The summed E-state index contributed by atoms with van der Waals surface area (Å²) in [4.78, 5) is -0.0977. The van der Waals surface area contributed by atoms with Crippen LogP contribution in [-0.2, 0) is 10.0 Å². The maximum absolute atomic E-state index is 12.4. The Bertz CT molecular complexity index is 603. The first-order valence-electron chi connectivity index (χ1n) is 6.98. The molecule has 0 radical (unpaired) electrons. The van der Waals surface area contributed by atoms with Crippen molar-refractivity contribution in [1.82, 2.24) is 4.72 Å². The molecule has 21 heavy (non-hydrogen) atoms. The highest BCUT2D eigenvalue weighted by molar-refractivity contribution is 7.89. The van der Waals surface area contributed by atoms with Gasteiger partial charge in [-0.2, -0.15) is 0 Å². The lowest BCUT2D eigenvalue weighted by atomic mass is 9.76. The molecule has 0 spiro atoms. The van der Waals surface area contributed by atoms with E-state index in [1.54, 1.807) is 0 Å². The predicted octanol–water partition coefficient (Wildman–Crippen LogP) is 3.82. The van der Waals surface area contributed by atoms with Crippen molar-refractivity contribution >= 4 is 38.9 Å². The third kappa shape index (κ3) is 4.03. The van der Waals surface area contributed by atoms with E-state index in [9.17, 15) is 8.42 Å². The number of halogens is 2. The summed E-state index contributed by atoms with van der Waals surface area (Å²) in [6, 6.07) is 2.79. The SMILES string of the molecule is CC1(CNS(=O)(=O)c2c(Cl)cc(N)cc2Cl)CCCCC1. The van der Waals surface area contributed by atoms with Crippen molar-refractivity contribution in [3.05, 3.63) is 22.2 Å². The second kappa shape index (κ2) is 6.32. The summed E-state index contributed by atoms with van der Waals surface area (Å²) in [5.41, 5.74) is 5.93. The van der Waals surface area contributed by atoms with Gasteiger partial charge in [0.1, 0.15) is 4.90 Å². The van der Waals surface area contributed by atoms with Crippen molar-refractivity contribution < 1.29 is 8.42 Å². The van der Waals surface area contributed by atoms with E-state index in [1.807, 2.05) is 0 Å². The molecule has 0 saturated heterocycles. The maximum Gasteiger partial charge on any atom is 0.243 e. The van der Waals surface area contributed by atoms with Crippen LogP contribution in [0.15, 0.2) is 17.0 Å². The fourth-order valence-electron chi connectivity index (χ4n) is 2.76. The summed E-state index contributed by atoms with van der Waals surface area (Å²) in [5.74, 6) is 0. The van der Waals surface area contributed by atoms with Crippen molar-refractivity contribution in [2.24, 2.45) is 5.41 Å². The van der Waals surface area contributed by atoms with Crippen LogP contribution in [-0.4, -0.2) is 15.0 Å². The van der Waals surface area contributed by atoms with E-state index in [2.05, 4.69) is 11.6 Å². The molecule has 0 unspecified atom stereocenters. The van der Waals surface area contributed by atoms with Gasteiger partial charge in [-0.15, -0.1) is 0 Å². The Hall–Kier alpha value is -0.490. The fourth-order valence-corrected chi connectivity index (χ4v) is 5.19. The van der Waals surface area contributed by atoms with Crippen molar-refractivity contribution in [2.75, 3.05) is 12.3 Å². The third-order valence-corrected chi connectivity index (χ3v) is 6.36. The maximum atomic E-state index is 12.4. The zero-order valence-corrected chi connectivity index (χ0v) is 14.3. The molecule has 3 N–H and O–H groups in total. The number of rotatable bonds is 4. The number of hydrogen-bond acceptors (Lipinski definition) is 3. The number of hydrogen-bond donors (Lipinski definition) is 2. The van der Waals surface area contributed by atoms with Crippen molar-refractivity contribution in [3.63, 3.8) is 0 Å². The third-order valence-electron chi connectivity index (χ3n) is 4.04. The Morgan fingerprint density at radius 3 is 2.24 bits per heavy atom. The van der Waals surface area contributed by atoms with Crippen LogP contribution in [0.5, 0.6) is 0 Å². The summed E-state index contributed by atoms with van der Waals surface area (Å²) < 4.78 is 27.5. The van der Waals surface area contributed by atoms with Gasteiger partial charge in [0.15, 0.2) is 0 Å². The minimum atomic E-state index is -3.75. The van der Waals surface area contributed by atoms with Gasteiger partial charge in [0.05, 0.1) is 10.0 Å². The van der Waals surface area contributed by atoms with Gasteiger partial charge in [-0.1, -0.05) is 49.4 Å². The molecule has 1 aliphatic carbocycles. The standard InChI is InChI=1S/C14H20Cl2N2O2S/c1-14(5-3-2-4-6-14)9-18-21(19,20)13-11(15)7-10(17)8-12(13)16/h7-8,18H,2-6,9,17H2,1H3. The molecular weight excluding hydrogens is 331 g/mol. The van der Waals surface area contributed by atoms with Gasteiger partial charge in [0, 0.05) is 12.2 Å². The van der Waals surface area contributed by atoms with Gasteiger partial charge in [-0.3, -0.25) is 0 Å². The summed E-state index contributed by atoms with van der Waals surface area (Å²) >= 11 is 12.0. The van der Waals surface area contributed by atoms with E-state index < -0.39 is 10.0 Å². The van der Waals surface area contributed by atoms with Gasteiger partial charge in [0.2, 0.25) is 10.0 Å². The summed E-state index contributed by atoms with van der Waals surface area (Å²) in [6.45, 7) is 2.51. The normalized spacial score (nSPS) is 18.6. The van der Waals surface area contributed by atoms with E-state index in [1.165, 1.54) is 18.6 Å². The zero-order valence-electron chi connectivity index (χ0n) is 12.0. The largest absolute Gasteiger partial charge is 0.399 e. The lowest BCUT2D eigenvalue weighted by Gasteiger charge is -2.33. The molecule has 0 heterocycles. The van der Waals surface area contributed by atoms with Gasteiger partial charge in [-0.25, -0.2) is 13.1 Å². The van der Waals surface area contributed by atoms with Gasteiger partial charge in [-0.05, 0) is 30.4 Å². The molecule has 0 atom stereocenters. The monoisotopic (exact) mass is 350 g/mol. The number of anilines is 1. The molecule has 4 nitrogen and oxygen atoms in total. The van der Waals surface area contributed by atoms with Crippen LogP contribution in [0.3, 0.4) is 0 Å². The van der Waals surface area contributed by atoms with E-state index in [0.29, 0.717) is 12.2 Å². The Morgan fingerprint density at radius 2 is 1.71 bits per heavy atom. The smallest absolute Gasteiger partial charge is 0.243 e. The molecule has 1 aliphatic rings. The Kier molecular flexibility index (Phi) is 5.08. The second-order valence-electron chi connectivity index (χ2n) is 6.01. The number of sulfonamides is 1. The van der Waals surface area contributed by atoms with Crippen LogP contribution in [0.25, 0.3) is 0 Å². The summed E-state index contributed by atoms with van der Waals surface area (Å²) in [5, 5.41) is 0.0857. The highest BCUT2D eigenvalue weighted by Crippen LogP contribution is 2.36. The number of nitrogens with one attached hydrogen (secondary N) is 1. The van der Waals surface area contributed by atoms with E-state index >= 15 is 0 Å². The average Bonchev–Trinajstić information content (AvgIpc) is 2.36. The Morgan fingerprint density at radius 1 is 1.19 bits per heavy atom. The molecule has 0 aliphatic heterocycles. The molecule has 1 aromatic carbocycles. The van der Waals surface area contributed by atoms with Gasteiger partial charge >= 0.3 is 0 Å². The molecule has 0 bridgehead atoms. The number of nitrogens with two attached hydrogens (primary N) is 1. The minimum Gasteiger partial charge on any atom is -0.399 e. The molecule has 1 saturated carbocycles. The van der Waals surface area contributed by atoms with Crippen LogP contribution in [0.2, 0.25) is 10.0 Å². The van der Waals surface area contributed by atoms with Crippen molar-refractivity contribution in [1.29, 1.82) is 0 Å². The number of nitrogen functional groups attached to an aromatic ring is 1. The average molecular weight is 351 g/mol. The van der Waals surface area contributed by atoms with Crippen LogP contribution in [0.4, 0.5) is 5.69 Å². The first-order valence-corrected chi connectivity index (χ1v) is 9.22. The first-order chi connectivity index (χ1) is 9.73. The quantitative estimate of drug-likeness (QED) is 0.810. The highest BCUT2D eigenvalue weighted by Gasteiger charge is 2.30. The van der Waals surface area contributed by atoms with Crippen LogP contribution >= 0.6 is 23.2 Å².